The van der Waals surface area contributed by atoms with Crippen LogP contribution in [0.25, 0.3) is 28.9 Å². The van der Waals surface area contributed by atoms with E-state index in [1.54, 1.807) is 30.5 Å². The Kier molecular flexibility index (Phi) is 5.09. The van der Waals surface area contributed by atoms with Crippen LogP contribution in [0, 0.1) is 11.3 Å². The van der Waals surface area contributed by atoms with E-state index in [2.05, 4.69) is 27.0 Å². The van der Waals surface area contributed by atoms with Gasteiger partial charge in [0.2, 0.25) is 5.88 Å². The molecule has 3 heterocycles. The van der Waals surface area contributed by atoms with Crippen molar-refractivity contribution < 1.29 is 13.3 Å². The molecule has 4 aromatic rings. The zero-order valence-electron chi connectivity index (χ0n) is 14.5. The summed E-state index contributed by atoms with van der Waals surface area (Å²) >= 11 is 3.47. The summed E-state index contributed by atoms with van der Waals surface area (Å²) in [7, 11) is 0. The summed E-state index contributed by atoms with van der Waals surface area (Å²) in [6, 6.07) is 19.0. The molecule has 0 N–H and O–H groups in total. The van der Waals surface area contributed by atoms with E-state index >= 15 is 0 Å². The molecule has 0 spiro atoms. The van der Waals surface area contributed by atoms with E-state index in [0.717, 1.165) is 10.0 Å². The van der Waals surface area contributed by atoms with E-state index in [9.17, 15) is 5.26 Å². The van der Waals surface area contributed by atoms with Gasteiger partial charge in [0, 0.05) is 10.7 Å². The zero-order valence-corrected chi connectivity index (χ0v) is 16.1. The van der Waals surface area contributed by atoms with Crippen molar-refractivity contribution in [1.29, 1.82) is 5.26 Å². The van der Waals surface area contributed by atoms with E-state index in [-0.39, 0.29) is 11.4 Å². The number of furan rings is 3. The van der Waals surface area contributed by atoms with Crippen molar-refractivity contribution in [2.24, 2.45) is 4.99 Å². The number of nitriles is 1. The van der Waals surface area contributed by atoms with Gasteiger partial charge in [-0.2, -0.15) is 5.26 Å². The van der Waals surface area contributed by atoms with Crippen LogP contribution in [0.1, 0.15) is 11.1 Å². The molecule has 0 atom stereocenters. The highest BCUT2D eigenvalue weighted by Gasteiger charge is 2.25. The molecule has 136 valence electrons. The summed E-state index contributed by atoms with van der Waals surface area (Å²) in [5, 5.41) is 9.73. The Morgan fingerprint density at radius 3 is 2.32 bits per heavy atom. The number of benzene rings is 1. The molecule has 0 bridgehead atoms. The van der Waals surface area contributed by atoms with Gasteiger partial charge in [-0.05, 0) is 51.8 Å². The van der Waals surface area contributed by atoms with Crippen molar-refractivity contribution in [2.45, 2.75) is 0 Å². The number of aliphatic imine (C=N–C) groups is 1. The molecular formula is C22H13BrN2O3. The Balaban J connectivity index is 1.77. The van der Waals surface area contributed by atoms with Crippen LogP contribution < -0.4 is 0 Å². The molecule has 6 heteroatoms. The van der Waals surface area contributed by atoms with Gasteiger partial charge < -0.3 is 13.3 Å². The number of hydrogen-bond acceptors (Lipinski definition) is 5. The highest BCUT2D eigenvalue weighted by Crippen LogP contribution is 2.42. The zero-order chi connectivity index (χ0) is 19.3. The summed E-state index contributed by atoms with van der Waals surface area (Å²) in [6.07, 6.45) is 6.58. The molecule has 1 aromatic carbocycles. The van der Waals surface area contributed by atoms with Crippen LogP contribution in [0.4, 0.5) is 5.88 Å². The van der Waals surface area contributed by atoms with E-state index in [4.69, 9.17) is 13.3 Å². The first-order chi connectivity index (χ1) is 13.8. The fourth-order valence-corrected chi connectivity index (χ4v) is 3.08. The van der Waals surface area contributed by atoms with Gasteiger partial charge in [-0.1, -0.05) is 30.3 Å². The summed E-state index contributed by atoms with van der Waals surface area (Å²) in [6.45, 7) is 0. The third kappa shape index (κ3) is 3.61. The molecule has 0 aliphatic rings. The van der Waals surface area contributed by atoms with E-state index in [1.807, 2.05) is 36.4 Å². The highest BCUT2D eigenvalue weighted by molar-refractivity contribution is 9.12. The van der Waals surface area contributed by atoms with Crippen LogP contribution in [0.5, 0.6) is 0 Å². The number of halogens is 1. The van der Waals surface area contributed by atoms with Gasteiger partial charge in [-0.15, -0.1) is 0 Å². The van der Waals surface area contributed by atoms with Crippen LogP contribution >= 0.6 is 15.9 Å². The minimum absolute atomic E-state index is 0.179. The molecule has 28 heavy (non-hydrogen) atoms. The van der Waals surface area contributed by atoms with Gasteiger partial charge in [0.25, 0.3) is 0 Å². The highest BCUT2D eigenvalue weighted by atomic mass is 79.9. The van der Waals surface area contributed by atoms with Crippen molar-refractivity contribution in [3.05, 3.63) is 82.7 Å². The molecule has 0 aliphatic heterocycles. The largest absolute Gasteiger partial charge is 0.464 e. The van der Waals surface area contributed by atoms with Gasteiger partial charge >= 0.3 is 0 Å². The van der Waals surface area contributed by atoms with Crippen molar-refractivity contribution >= 4 is 34.1 Å². The van der Waals surface area contributed by atoms with Crippen LogP contribution in [-0.2, 0) is 0 Å². The first-order valence-electron chi connectivity index (χ1n) is 8.37. The second-order valence-corrected chi connectivity index (χ2v) is 6.67. The summed E-state index contributed by atoms with van der Waals surface area (Å²) in [5.74, 6) is 1.57. The number of rotatable bonds is 5. The number of allylic oxidation sites excluding steroid dienone is 1. The topological polar surface area (TPSA) is 75.6 Å². The molecule has 0 unspecified atom stereocenters. The summed E-state index contributed by atoms with van der Waals surface area (Å²) in [5.41, 5.74) is 1.81. The Labute approximate surface area is 169 Å². The third-order valence-corrected chi connectivity index (χ3v) is 4.36. The molecule has 3 aromatic heterocycles. The first-order valence-corrected chi connectivity index (χ1v) is 9.16. The SMILES string of the molecule is N#Cc1c(N=C/C(Br)=C/c2ccccc2)oc(-c2ccco2)c1-c1ccco1. The van der Waals surface area contributed by atoms with Gasteiger partial charge in [0.05, 0.1) is 18.1 Å². The number of nitrogens with zero attached hydrogens (tertiary/aromatic N) is 2. The normalized spacial score (nSPS) is 11.8. The minimum Gasteiger partial charge on any atom is -0.464 e. The molecule has 0 aliphatic carbocycles. The Bertz CT molecular complexity index is 1160. The average molecular weight is 433 g/mol. The lowest BCUT2D eigenvalue weighted by Gasteiger charge is -1.96. The van der Waals surface area contributed by atoms with Crippen LogP contribution in [0.15, 0.2) is 89.8 Å². The monoisotopic (exact) mass is 432 g/mol. The Hall–Kier alpha value is -3.56. The molecule has 4 rings (SSSR count). The summed E-state index contributed by atoms with van der Waals surface area (Å²) in [4.78, 5) is 4.36. The predicted molar refractivity (Wildman–Crippen MR) is 110 cm³/mol. The van der Waals surface area contributed by atoms with E-state index in [0.29, 0.717) is 22.8 Å². The molecule has 0 radical (unpaired) electrons. The van der Waals surface area contributed by atoms with Gasteiger partial charge in [0.15, 0.2) is 11.5 Å². The average Bonchev–Trinajstić information content (AvgIpc) is 3.46. The van der Waals surface area contributed by atoms with E-state index in [1.165, 1.54) is 12.5 Å². The Morgan fingerprint density at radius 2 is 1.68 bits per heavy atom. The van der Waals surface area contributed by atoms with Crippen LogP contribution in [-0.4, -0.2) is 6.21 Å². The molecular weight excluding hydrogens is 420 g/mol. The maximum atomic E-state index is 9.73. The number of hydrogen-bond donors (Lipinski definition) is 0. The fraction of sp³-hybridized carbons (Fsp3) is 0. The lowest BCUT2D eigenvalue weighted by atomic mass is 10.1. The quantitative estimate of drug-likeness (QED) is 0.324. The Morgan fingerprint density at radius 1 is 0.964 bits per heavy atom. The molecule has 5 nitrogen and oxygen atoms in total. The molecule has 0 amide bonds. The second kappa shape index (κ2) is 7.99. The lowest BCUT2D eigenvalue weighted by molar-refractivity contribution is 0.527. The van der Waals surface area contributed by atoms with Crippen LogP contribution in [0.2, 0.25) is 0 Å². The summed E-state index contributed by atoms with van der Waals surface area (Å²) < 4.78 is 17.6. The molecule has 0 saturated carbocycles. The maximum Gasteiger partial charge on any atom is 0.238 e. The first kappa shape index (κ1) is 17.8. The lowest BCUT2D eigenvalue weighted by Crippen LogP contribution is -1.80. The second-order valence-electron chi connectivity index (χ2n) is 5.75. The molecule has 0 saturated heterocycles. The van der Waals surface area contributed by atoms with Crippen molar-refractivity contribution in [3.8, 4) is 28.9 Å². The third-order valence-electron chi connectivity index (χ3n) is 3.92. The van der Waals surface area contributed by atoms with Gasteiger partial charge in [-0.25, -0.2) is 4.99 Å². The predicted octanol–water partition coefficient (Wildman–Crippen LogP) is 6.81. The minimum atomic E-state index is 0.179. The smallest absolute Gasteiger partial charge is 0.238 e. The molecule has 0 fully saturated rings. The van der Waals surface area contributed by atoms with Crippen LogP contribution in [0.3, 0.4) is 0 Å². The van der Waals surface area contributed by atoms with E-state index < -0.39 is 0 Å². The van der Waals surface area contributed by atoms with Crippen molar-refractivity contribution in [1.82, 2.24) is 0 Å². The van der Waals surface area contributed by atoms with Crippen molar-refractivity contribution in [2.75, 3.05) is 0 Å². The standard InChI is InChI=1S/C22H13BrN2O3/c23-16(12-15-6-2-1-3-7-15)14-25-22-17(13-24)20(18-8-4-10-26-18)21(28-22)19-9-5-11-27-19/h1-12,14H/b16-12-,25-14?. The van der Waals surface area contributed by atoms with Gasteiger partial charge in [-0.3, -0.25) is 0 Å². The maximum absolute atomic E-state index is 9.73. The van der Waals surface area contributed by atoms with Gasteiger partial charge in [0.1, 0.15) is 17.4 Å². The fourth-order valence-electron chi connectivity index (χ4n) is 2.72. The van der Waals surface area contributed by atoms with Crippen molar-refractivity contribution in [3.63, 3.8) is 0 Å².